The molecule has 1 nitrogen and oxygen atoms in total. The van der Waals surface area contributed by atoms with E-state index >= 15 is 0 Å². The molecule has 1 rings (SSSR count). The standard InChI is InChI=1S/C11H16FN/c1-10(9-12)13-8-7-11-5-3-2-4-6-11/h2-6,10,13H,7-9H2,1H3. The van der Waals surface area contributed by atoms with Gasteiger partial charge < -0.3 is 5.32 Å². The Morgan fingerprint density at radius 1 is 1.31 bits per heavy atom. The van der Waals surface area contributed by atoms with Crippen molar-refractivity contribution < 1.29 is 4.39 Å². The van der Waals surface area contributed by atoms with Crippen LogP contribution in [-0.2, 0) is 6.42 Å². The second-order valence-corrected chi connectivity index (χ2v) is 3.25. The molecule has 0 aliphatic carbocycles. The molecular formula is C11H16FN. The van der Waals surface area contributed by atoms with Gasteiger partial charge in [-0.05, 0) is 25.5 Å². The average molecular weight is 181 g/mol. The van der Waals surface area contributed by atoms with Crippen molar-refractivity contribution in [3.63, 3.8) is 0 Å². The summed E-state index contributed by atoms with van der Waals surface area (Å²) in [4.78, 5) is 0. The molecule has 2 heteroatoms. The summed E-state index contributed by atoms with van der Waals surface area (Å²) in [5.74, 6) is 0. The molecule has 1 aromatic carbocycles. The number of halogens is 1. The zero-order chi connectivity index (χ0) is 9.52. The summed E-state index contributed by atoms with van der Waals surface area (Å²) in [6, 6.07) is 10.2. The monoisotopic (exact) mass is 181 g/mol. The molecule has 0 saturated heterocycles. The number of nitrogens with one attached hydrogen (secondary N) is 1. The van der Waals surface area contributed by atoms with Gasteiger partial charge in [0.15, 0.2) is 0 Å². The van der Waals surface area contributed by atoms with Gasteiger partial charge in [0.25, 0.3) is 0 Å². The fourth-order valence-electron chi connectivity index (χ4n) is 1.16. The first kappa shape index (κ1) is 10.2. The Morgan fingerprint density at radius 3 is 2.62 bits per heavy atom. The Hall–Kier alpha value is -0.890. The van der Waals surface area contributed by atoms with Crippen LogP contribution >= 0.6 is 0 Å². The van der Waals surface area contributed by atoms with Gasteiger partial charge in [-0.2, -0.15) is 0 Å². The third-order valence-electron chi connectivity index (χ3n) is 1.98. The second kappa shape index (κ2) is 5.70. The summed E-state index contributed by atoms with van der Waals surface area (Å²) in [6.45, 7) is 2.40. The Kier molecular flexibility index (Phi) is 4.47. The van der Waals surface area contributed by atoms with E-state index in [4.69, 9.17) is 0 Å². The summed E-state index contributed by atoms with van der Waals surface area (Å²) in [5.41, 5.74) is 1.29. The molecule has 0 aliphatic heterocycles. The van der Waals surface area contributed by atoms with E-state index in [2.05, 4.69) is 17.4 Å². The fourth-order valence-corrected chi connectivity index (χ4v) is 1.16. The van der Waals surface area contributed by atoms with Crippen LogP contribution in [0.2, 0.25) is 0 Å². The van der Waals surface area contributed by atoms with Crippen molar-refractivity contribution in [1.82, 2.24) is 5.32 Å². The average Bonchev–Trinajstić information content (AvgIpc) is 2.19. The lowest BCUT2D eigenvalue weighted by Gasteiger charge is -2.08. The van der Waals surface area contributed by atoms with Crippen LogP contribution in [-0.4, -0.2) is 19.3 Å². The molecule has 1 unspecified atom stereocenters. The van der Waals surface area contributed by atoms with Gasteiger partial charge in [-0.3, -0.25) is 0 Å². The maximum absolute atomic E-state index is 12.0. The highest BCUT2D eigenvalue weighted by Crippen LogP contribution is 1.98. The minimum atomic E-state index is -0.297. The summed E-state index contributed by atoms with van der Waals surface area (Å²) < 4.78 is 12.0. The molecule has 0 bridgehead atoms. The molecule has 0 saturated carbocycles. The van der Waals surface area contributed by atoms with Gasteiger partial charge >= 0.3 is 0 Å². The molecular weight excluding hydrogens is 165 g/mol. The lowest BCUT2D eigenvalue weighted by Crippen LogP contribution is -2.29. The number of hydrogen-bond acceptors (Lipinski definition) is 1. The van der Waals surface area contributed by atoms with Gasteiger partial charge in [-0.25, -0.2) is 4.39 Å². The Balaban J connectivity index is 2.20. The van der Waals surface area contributed by atoms with E-state index < -0.39 is 0 Å². The van der Waals surface area contributed by atoms with E-state index in [-0.39, 0.29) is 12.7 Å². The van der Waals surface area contributed by atoms with Crippen LogP contribution in [0.4, 0.5) is 4.39 Å². The van der Waals surface area contributed by atoms with Gasteiger partial charge in [-0.1, -0.05) is 30.3 Å². The smallest absolute Gasteiger partial charge is 0.104 e. The lowest BCUT2D eigenvalue weighted by atomic mass is 10.1. The first-order valence-corrected chi connectivity index (χ1v) is 4.66. The number of rotatable bonds is 5. The SMILES string of the molecule is CC(CF)NCCc1ccccc1. The Bertz CT molecular complexity index is 223. The Labute approximate surface area is 79.0 Å². The first-order valence-electron chi connectivity index (χ1n) is 4.66. The number of alkyl halides is 1. The van der Waals surface area contributed by atoms with Crippen molar-refractivity contribution in [2.75, 3.05) is 13.2 Å². The number of hydrogen-bond donors (Lipinski definition) is 1. The van der Waals surface area contributed by atoms with Crippen molar-refractivity contribution in [2.45, 2.75) is 19.4 Å². The number of benzene rings is 1. The molecule has 0 aliphatic rings. The first-order chi connectivity index (χ1) is 6.33. The van der Waals surface area contributed by atoms with Crippen LogP contribution < -0.4 is 5.32 Å². The van der Waals surface area contributed by atoms with E-state index in [9.17, 15) is 4.39 Å². The van der Waals surface area contributed by atoms with Gasteiger partial charge in [0, 0.05) is 6.04 Å². The predicted molar refractivity (Wildman–Crippen MR) is 53.6 cm³/mol. The van der Waals surface area contributed by atoms with Crippen LogP contribution in [0.25, 0.3) is 0 Å². The van der Waals surface area contributed by atoms with E-state index in [1.165, 1.54) is 5.56 Å². The molecule has 0 radical (unpaired) electrons. The summed E-state index contributed by atoms with van der Waals surface area (Å²) in [7, 11) is 0. The molecule has 0 aromatic heterocycles. The summed E-state index contributed by atoms with van der Waals surface area (Å²) in [5, 5.41) is 3.11. The molecule has 1 N–H and O–H groups in total. The highest BCUT2D eigenvalue weighted by Gasteiger charge is 1.98. The second-order valence-electron chi connectivity index (χ2n) is 3.25. The van der Waals surface area contributed by atoms with E-state index in [0.29, 0.717) is 0 Å². The zero-order valence-corrected chi connectivity index (χ0v) is 7.96. The summed E-state index contributed by atoms with van der Waals surface area (Å²) >= 11 is 0. The van der Waals surface area contributed by atoms with Gasteiger partial charge in [0.1, 0.15) is 6.67 Å². The minimum Gasteiger partial charge on any atom is -0.311 e. The minimum absolute atomic E-state index is 0.0243. The quantitative estimate of drug-likeness (QED) is 0.734. The van der Waals surface area contributed by atoms with Crippen molar-refractivity contribution in [1.29, 1.82) is 0 Å². The molecule has 1 atom stereocenters. The van der Waals surface area contributed by atoms with Crippen molar-refractivity contribution in [3.8, 4) is 0 Å². The highest BCUT2D eigenvalue weighted by atomic mass is 19.1. The third kappa shape index (κ3) is 4.04. The van der Waals surface area contributed by atoms with Crippen molar-refractivity contribution >= 4 is 0 Å². The lowest BCUT2D eigenvalue weighted by molar-refractivity contribution is 0.394. The molecule has 0 heterocycles. The van der Waals surface area contributed by atoms with E-state index in [1.807, 2.05) is 25.1 Å². The maximum atomic E-state index is 12.0. The molecule has 0 spiro atoms. The predicted octanol–water partition coefficient (Wildman–Crippen LogP) is 2.18. The maximum Gasteiger partial charge on any atom is 0.104 e. The normalized spacial score (nSPS) is 12.8. The van der Waals surface area contributed by atoms with Crippen LogP contribution in [0.15, 0.2) is 30.3 Å². The molecule has 0 fully saturated rings. The largest absolute Gasteiger partial charge is 0.311 e. The third-order valence-corrected chi connectivity index (χ3v) is 1.98. The van der Waals surface area contributed by atoms with Crippen molar-refractivity contribution in [2.24, 2.45) is 0 Å². The van der Waals surface area contributed by atoms with E-state index in [0.717, 1.165) is 13.0 Å². The molecule has 1 aromatic rings. The van der Waals surface area contributed by atoms with Gasteiger partial charge in [0.05, 0.1) is 0 Å². The van der Waals surface area contributed by atoms with E-state index in [1.54, 1.807) is 0 Å². The fraction of sp³-hybridized carbons (Fsp3) is 0.455. The highest BCUT2D eigenvalue weighted by molar-refractivity contribution is 5.14. The van der Waals surface area contributed by atoms with Crippen LogP contribution in [0.1, 0.15) is 12.5 Å². The van der Waals surface area contributed by atoms with Gasteiger partial charge in [0.2, 0.25) is 0 Å². The molecule has 72 valence electrons. The molecule has 13 heavy (non-hydrogen) atoms. The summed E-state index contributed by atoms with van der Waals surface area (Å²) in [6.07, 6.45) is 0.963. The Morgan fingerprint density at radius 2 is 2.00 bits per heavy atom. The van der Waals surface area contributed by atoms with Crippen LogP contribution in [0.3, 0.4) is 0 Å². The van der Waals surface area contributed by atoms with Gasteiger partial charge in [-0.15, -0.1) is 0 Å². The molecule has 0 amide bonds. The van der Waals surface area contributed by atoms with Crippen LogP contribution in [0, 0.1) is 0 Å². The topological polar surface area (TPSA) is 12.0 Å². The zero-order valence-electron chi connectivity index (χ0n) is 7.96. The van der Waals surface area contributed by atoms with Crippen LogP contribution in [0.5, 0.6) is 0 Å². The van der Waals surface area contributed by atoms with Crippen molar-refractivity contribution in [3.05, 3.63) is 35.9 Å².